The van der Waals surface area contributed by atoms with E-state index in [1.807, 2.05) is 6.92 Å². The molecule has 0 spiro atoms. The zero-order valence-corrected chi connectivity index (χ0v) is 15.3. The predicted octanol–water partition coefficient (Wildman–Crippen LogP) is 1.30. The molecule has 2 heterocycles. The number of pyridine rings is 2. The number of amides is 1. The van der Waals surface area contributed by atoms with Crippen molar-refractivity contribution in [1.29, 1.82) is 0 Å². The molecule has 0 unspecified atom stereocenters. The smallest absolute Gasteiger partial charge is 0.252 e. The number of primary amides is 1. The molecule has 0 saturated heterocycles. The second-order valence-electron chi connectivity index (χ2n) is 6.02. The number of nitrogens with two attached hydrogens (primary N) is 2. The third-order valence-electron chi connectivity index (χ3n) is 3.94. The third kappa shape index (κ3) is 4.94. The molecule has 0 fully saturated rings. The van der Waals surface area contributed by atoms with E-state index in [9.17, 15) is 14.0 Å². The van der Waals surface area contributed by atoms with E-state index in [2.05, 4.69) is 20.6 Å². The summed E-state index contributed by atoms with van der Waals surface area (Å²) in [6, 6.07) is 3.24. The van der Waals surface area contributed by atoms with Crippen molar-refractivity contribution >= 4 is 23.2 Å². The van der Waals surface area contributed by atoms with E-state index in [1.165, 1.54) is 19.2 Å². The van der Waals surface area contributed by atoms with Gasteiger partial charge in [-0.15, -0.1) is 0 Å². The minimum Gasteiger partial charge on any atom is -0.482 e. The average molecular weight is 378 g/mol. The Kier molecular flexibility index (Phi) is 6.35. The second-order valence-corrected chi connectivity index (χ2v) is 6.02. The number of methoxy groups -OCH3 is 1. The van der Waals surface area contributed by atoms with Crippen molar-refractivity contribution in [3.8, 4) is 5.88 Å². The van der Waals surface area contributed by atoms with Crippen LogP contribution in [0.4, 0.5) is 21.7 Å². The first-order valence-corrected chi connectivity index (χ1v) is 8.33. The van der Waals surface area contributed by atoms with Crippen LogP contribution in [0.1, 0.15) is 30.6 Å². The van der Waals surface area contributed by atoms with E-state index in [-0.39, 0.29) is 35.2 Å². The Bertz CT molecular complexity index is 883. The van der Waals surface area contributed by atoms with Crippen molar-refractivity contribution in [1.82, 2.24) is 9.97 Å². The molecular weight excluding hydrogens is 355 g/mol. The highest BCUT2D eigenvalue weighted by molar-refractivity contribution is 5.98. The molecule has 2 aromatic heterocycles. The number of ether oxygens (including phenoxy) is 1. The van der Waals surface area contributed by atoms with Gasteiger partial charge in [-0.1, -0.05) is 6.92 Å². The maximum absolute atomic E-state index is 14.4. The molecule has 2 rings (SSSR count). The number of aromatic nitrogens is 2. The van der Waals surface area contributed by atoms with Gasteiger partial charge in [0, 0.05) is 24.2 Å². The van der Waals surface area contributed by atoms with Gasteiger partial charge in [-0.2, -0.15) is 0 Å². The zero-order valence-electron chi connectivity index (χ0n) is 15.3. The number of aromatic amines is 1. The number of H-pyrrole nitrogens is 1. The molecule has 2 aromatic rings. The molecule has 0 aromatic carbocycles. The molecule has 0 saturated carbocycles. The minimum atomic E-state index is -0.869. The van der Waals surface area contributed by atoms with Gasteiger partial charge < -0.3 is 26.8 Å². The van der Waals surface area contributed by atoms with Crippen molar-refractivity contribution in [3.63, 3.8) is 0 Å². The van der Waals surface area contributed by atoms with Crippen LogP contribution in [0.5, 0.6) is 5.88 Å². The van der Waals surface area contributed by atoms with E-state index < -0.39 is 17.3 Å². The average Bonchev–Trinajstić information content (AvgIpc) is 2.60. The number of hydrogen-bond donors (Lipinski definition) is 5. The van der Waals surface area contributed by atoms with E-state index in [0.717, 1.165) is 6.07 Å². The number of nitrogens with zero attached hydrogens (tertiary/aromatic N) is 1. The first kappa shape index (κ1) is 20.2. The quantitative estimate of drug-likeness (QED) is 0.465. The minimum absolute atomic E-state index is 0.00131. The van der Waals surface area contributed by atoms with Gasteiger partial charge in [-0.05, 0) is 19.4 Å². The van der Waals surface area contributed by atoms with Gasteiger partial charge in [0.05, 0.1) is 18.4 Å². The van der Waals surface area contributed by atoms with Crippen molar-refractivity contribution in [2.75, 3.05) is 17.7 Å². The Morgan fingerprint density at radius 2 is 2.07 bits per heavy atom. The van der Waals surface area contributed by atoms with Crippen molar-refractivity contribution < 1.29 is 13.9 Å². The molecule has 27 heavy (non-hydrogen) atoms. The molecule has 146 valence electrons. The first-order valence-electron chi connectivity index (χ1n) is 8.33. The first-order chi connectivity index (χ1) is 12.7. The monoisotopic (exact) mass is 378 g/mol. The van der Waals surface area contributed by atoms with E-state index >= 15 is 0 Å². The molecule has 10 heteroatoms. The largest absolute Gasteiger partial charge is 0.482 e. The molecule has 0 aliphatic rings. The lowest BCUT2D eigenvalue weighted by atomic mass is 10.1. The van der Waals surface area contributed by atoms with Gasteiger partial charge in [-0.3, -0.25) is 14.6 Å². The van der Waals surface area contributed by atoms with Crippen LogP contribution in [-0.2, 0) is 0 Å². The van der Waals surface area contributed by atoms with E-state index in [1.54, 1.807) is 6.92 Å². The summed E-state index contributed by atoms with van der Waals surface area (Å²) in [5.41, 5.74) is 10.9. The Balaban J connectivity index is 2.47. The van der Waals surface area contributed by atoms with Gasteiger partial charge in [0.15, 0.2) is 17.5 Å². The number of hydrogen-bond acceptors (Lipinski definition) is 7. The van der Waals surface area contributed by atoms with Gasteiger partial charge in [0.25, 0.3) is 11.5 Å². The molecule has 1 amide bonds. The highest BCUT2D eigenvalue weighted by Gasteiger charge is 2.19. The summed E-state index contributed by atoms with van der Waals surface area (Å²) in [4.78, 5) is 30.0. The Labute approximate surface area is 155 Å². The van der Waals surface area contributed by atoms with Gasteiger partial charge in [-0.25, -0.2) is 9.37 Å². The number of rotatable bonds is 8. The van der Waals surface area contributed by atoms with Crippen LogP contribution in [0.15, 0.2) is 23.0 Å². The molecule has 9 nitrogen and oxygen atoms in total. The number of carbonyl (C=O) groups excluding carboxylic acids is 1. The SMILES string of the molecule is CC[C@@H](Nc1nc(Nc2cc(OC)[nH]c(=O)c2)c(C(N)=O)cc1F)[C@H](C)N. The van der Waals surface area contributed by atoms with Crippen molar-refractivity contribution in [2.24, 2.45) is 11.5 Å². The number of nitrogens with one attached hydrogen (secondary N) is 3. The summed E-state index contributed by atoms with van der Waals surface area (Å²) >= 11 is 0. The van der Waals surface area contributed by atoms with Crippen LogP contribution < -0.4 is 32.4 Å². The van der Waals surface area contributed by atoms with E-state index in [0.29, 0.717) is 12.1 Å². The van der Waals surface area contributed by atoms with Crippen LogP contribution in [0, 0.1) is 5.82 Å². The third-order valence-corrected chi connectivity index (χ3v) is 3.94. The highest BCUT2D eigenvalue weighted by atomic mass is 19.1. The van der Waals surface area contributed by atoms with Gasteiger partial charge in [0.1, 0.15) is 5.82 Å². The molecule has 0 aliphatic carbocycles. The van der Waals surface area contributed by atoms with Crippen LogP contribution in [0.3, 0.4) is 0 Å². The molecule has 2 atom stereocenters. The summed E-state index contributed by atoms with van der Waals surface area (Å²) in [7, 11) is 1.39. The fourth-order valence-electron chi connectivity index (χ4n) is 2.49. The molecule has 7 N–H and O–H groups in total. The maximum Gasteiger partial charge on any atom is 0.252 e. The summed E-state index contributed by atoms with van der Waals surface area (Å²) in [5, 5.41) is 5.73. The number of anilines is 3. The second kappa shape index (κ2) is 8.49. The van der Waals surface area contributed by atoms with Crippen molar-refractivity contribution in [3.05, 3.63) is 39.9 Å². The molecule has 0 radical (unpaired) electrons. The Morgan fingerprint density at radius 3 is 2.63 bits per heavy atom. The van der Waals surface area contributed by atoms with Crippen LogP contribution in [-0.4, -0.2) is 35.1 Å². The predicted molar refractivity (Wildman–Crippen MR) is 101 cm³/mol. The number of carbonyl (C=O) groups is 1. The van der Waals surface area contributed by atoms with Gasteiger partial charge >= 0.3 is 0 Å². The molecular formula is C17H23FN6O3. The van der Waals surface area contributed by atoms with Crippen LogP contribution in [0.25, 0.3) is 0 Å². The normalized spacial score (nSPS) is 12.9. The van der Waals surface area contributed by atoms with Gasteiger partial charge in [0.2, 0.25) is 0 Å². The lowest BCUT2D eigenvalue weighted by Gasteiger charge is -2.22. The van der Waals surface area contributed by atoms with Crippen LogP contribution >= 0.6 is 0 Å². The van der Waals surface area contributed by atoms with E-state index in [4.69, 9.17) is 16.2 Å². The molecule has 0 aliphatic heterocycles. The standard InChI is InChI=1S/C17H23FN6O3/c1-4-12(8(2)19)22-17-11(18)7-10(15(20)26)16(24-17)21-9-5-13(25)23-14(6-9)27-3/h5-8,12H,4,19H2,1-3H3,(H2,20,26)(H3,21,22,23,24,25)/t8-,12+/m0/s1. The Morgan fingerprint density at radius 1 is 1.37 bits per heavy atom. The summed E-state index contributed by atoms with van der Waals surface area (Å²) in [5.74, 6) is -1.49. The lowest BCUT2D eigenvalue weighted by molar-refractivity contribution is 0.100. The fraction of sp³-hybridized carbons (Fsp3) is 0.353. The topological polar surface area (TPSA) is 148 Å². The fourth-order valence-corrected chi connectivity index (χ4v) is 2.49. The zero-order chi connectivity index (χ0) is 20.1. The summed E-state index contributed by atoms with van der Waals surface area (Å²) in [6.07, 6.45) is 0.643. The van der Waals surface area contributed by atoms with Crippen molar-refractivity contribution in [2.45, 2.75) is 32.4 Å². The van der Waals surface area contributed by atoms with Crippen LogP contribution in [0.2, 0.25) is 0 Å². The summed E-state index contributed by atoms with van der Waals surface area (Å²) < 4.78 is 19.4. The maximum atomic E-state index is 14.4. The number of halogens is 1. The highest BCUT2D eigenvalue weighted by Crippen LogP contribution is 2.25. The molecule has 0 bridgehead atoms. The Hall–Kier alpha value is -3.14. The lowest BCUT2D eigenvalue weighted by Crippen LogP contribution is -2.38. The summed E-state index contributed by atoms with van der Waals surface area (Å²) in [6.45, 7) is 3.69.